The molecular formula is C26H27N3O4. The van der Waals surface area contributed by atoms with Crippen molar-refractivity contribution in [1.29, 1.82) is 0 Å². The first-order chi connectivity index (χ1) is 16.0. The van der Waals surface area contributed by atoms with Gasteiger partial charge in [0, 0.05) is 30.7 Å². The van der Waals surface area contributed by atoms with E-state index in [2.05, 4.69) is 10.3 Å². The smallest absolute Gasteiger partial charge is 0.247 e. The molecule has 1 unspecified atom stereocenters. The first-order valence-corrected chi connectivity index (χ1v) is 10.9. The molecule has 1 aliphatic rings. The van der Waals surface area contributed by atoms with E-state index in [1.807, 2.05) is 56.3 Å². The zero-order valence-corrected chi connectivity index (χ0v) is 18.7. The van der Waals surface area contributed by atoms with Gasteiger partial charge in [-0.25, -0.2) is 0 Å². The van der Waals surface area contributed by atoms with Gasteiger partial charge in [0.25, 0.3) is 0 Å². The summed E-state index contributed by atoms with van der Waals surface area (Å²) in [6, 6.07) is 17.9. The minimum absolute atomic E-state index is 0.115. The van der Waals surface area contributed by atoms with Gasteiger partial charge < -0.3 is 19.7 Å². The number of hydrogen-bond donors (Lipinski definition) is 1. The first kappa shape index (κ1) is 22.3. The molecule has 7 heteroatoms. The van der Waals surface area contributed by atoms with Crippen molar-refractivity contribution < 1.29 is 19.1 Å². The summed E-state index contributed by atoms with van der Waals surface area (Å²) in [5.41, 5.74) is 2.35. The molecule has 2 amide bonds. The molecule has 0 aliphatic carbocycles. The van der Waals surface area contributed by atoms with Crippen molar-refractivity contribution in [3.63, 3.8) is 0 Å². The maximum atomic E-state index is 13.5. The van der Waals surface area contributed by atoms with E-state index in [4.69, 9.17) is 9.47 Å². The van der Waals surface area contributed by atoms with Gasteiger partial charge in [-0.05, 0) is 35.2 Å². The van der Waals surface area contributed by atoms with E-state index in [1.54, 1.807) is 35.5 Å². The Morgan fingerprint density at radius 1 is 1.00 bits per heavy atom. The van der Waals surface area contributed by atoms with Gasteiger partial charge in [0.2, 0.25) is 18.6 Å². The van der Waals surface area contributed by atoms with E-state index in [1.165, 1.54) is 0 Å². The summed E-state index contributed by atoms with van der Waals surface area (Å²) in [4.78, 5) is 32.7. The molecule has 1 aliphatic heterocycles. The molecule has 0 spiro atoms. The van der Waals surface area contributed by atoms with Gasteiger partial charge >= 0.3 is 0 Å². The number of benzene rings is 2. The fourth-order valence-electron chi connectivity index (χ4n) is 3.90. The molecule has 0 radical (unpaired) electrons. The lowest BCUT2D eigenvalue weighted by molar-refractivity contribution is -0.140. The zero-order valence-electron chi connectivity index (χ0n) is 18.7. The third-order valence-electron chi connectivity index (χ3n) is 5.47. The van der Waals surface area contributed by atoms with Crippen LogP contribution in [0.2, 0.25) is 0 Å². The van der Waals surface area contributed by atoms with Crippen LogP contribution < -0.4 is 14.8 Å². The van der Waals surface area contributed by atoms with Crippen LogP contribution in [0.4, 0.5) is 5.69 Å². The molecule has 7 nitrogen and oxygen atoms in total. The zero-order chi connectivity index (χ0) is 23.2. The Bertz CT molecular complexity index is 1100. The predicted molar refractivity (Wildman–Crippen MR) is 125 cm³/mol. The average Bonchev–Trinajstić information content (AvgIpc) is 3.27. The molecule has 0 bridgehead atoms. The number of amides is 2. The van der Waals surface area contributed by atoms with Crippen LogP contribution in [0, 0.1) is 5.92 Å². The Morgan fingerprint density at radius 3 is 2.48 bits per heavy atom. The Kier molecular flexibility index (Phi) is 6.88. The van der Waals surface area contributed by atoms with Crippen LogP contribution in [0.5, 0.6) is 11.5 Å². The van der Waals surface area contributed by atoms with Crippen LogP contribution in [0.1, 0.15) is 25.0 Å². The van der Waals surface area contributed by atoms with E-state index in [-0.39, 0.29) is 37.5 Å². The van der Waals surface area contributed by atoms with Crippen LogP contribution in [0.3, 0.4) is 0 Å². The minimum Gasteiger partial charge on any atom is -0.454 e. The van der Waals surface area contributed by atoms with Gasteiger partial charge in [-0.1, -0.05) is 50.2 Å². The summed E-state index contributed by atoms with van der Waals surface area (Å²) in [6.07, 6.45) is 3.61. The average molecular weight is 446 g/mol. The standard InChI is InChI=1S/C26H27N3O4/c1-18(2)25(26(31)28-21-10-11-22-23(14-21)33-17-32-22)29(16-20-9-6-12-27-15-20)24(30)13-19-7-4-3-5-8-19/h3-12,14-15,18,25H,13,16-17H2,1-2H3,(H,28,31). The van der Waals surface area contributed by atoms with Crippen LogP contribution in [-0.4, -0.2) is 34.5 Å². The molecule has 0 saturated heterocycles. The summed E-state index contributed by atoms with van der Waals surface area (Å²) in [7, 11) is 0. The monoisotopic (exact) mass is 445 g/mol. The van der Waals surface area contributed by atoms with Crippen molar-refractivity contribution in [3.05, 3.63) is 84.2 Å². The quantitative estimate of drug-likeness (QED) is 0.566. The number of aromatic nitrogens is 1. The van der Waals surface area contributed by atoms with Gasteiger partial charge in [0.15, 0.2) is 11.5 Å². The molecule has 2 aromatic carbocycles. The number of nitrogens with one attached hydrogen (secondary N) is 1. The molecule has 2 heterocycles. The van der Waals surface area contributed by atoms with Crippen LogP contribution in [0.15, 0.2) is 73.1 Å². The van der Waals surface area contributed by atoms with E-state index < -0.39 is 6.04 Å². The van der Waals surface area contributed by atoms with E-state index in [0.717, 1.165) is 11.1 Å². The second-order valence-electron chi connectivity index (χ2n) is 8.29. The van der Waals surface area contributed by atoms with E-state index in [9.17, 15) is 9.59 Å². The Hall–Kier alpha value is -3.87. The summed E-state index contributed by atoms with van der Waals surface area (Å²) in [5.74, 6) is 0.736. The maximum Gasteiger partial charge on any atom is 0.247 e. The lowest BCUT2D eigenvalue weighted by Gasteiger charge is -2.33. The number of pyridine rings is 1. The molecule has 170 valence electrons. The molecule has 1 aromatic heterocycles. The first-order valence-electron chi connectivity index (χ1n) is 10.9. The number of carbonyl (C=O) groups excluding carboxylic acids is 2. The molecule has 4 rings (SSSR count). The predicted octanol–water partition coefficient (Wildman–Crippen LogP) is 4.04. The lowest BCUT2D eigenvalue weighted by Crippen LogP contribution is -2.50. The maximum absolute atomic E-state index is 13.5. The van der Waals surface area contributed by atoms with E-state index >= 15 is 0 Å². The summed E-state index contributed by atoms with van der Waals surface area (Å²) in [5, 5.41) is 2.95. The fourth-order valence-corrected chi connectivity index (χ4v) is 3.90. The van der Waals surface area contributed by atoms with E-state index in [0.29, 0.717) is 17.2 Å². The van der Waals surface area contributed by atoms with Gasteiger partial charge in [0.05, 0.1) is 6.42 Å². The number of hydrogen-bond acceptors (Lipinski definition) is 5. The number of carbonyl (C=O) groups is 2. The summed E-state index contributed by atoms with van der Waals surface area (Å²) in [6.45, 7) is 4.33. The second kappa shape index (κ2) is 10.2. The normalized spacial score (nSPS) is 12.9. The third-order valence-corrected chi connectivity index (χ3v) is 5.47. The van der Waals surface area contributed by atoms with Crippen LogP contribution in [0.25, 0.3) is 0 Å². The lowest BCUT2D eigenvalue weighted by atomic mass is 9.99. The largest absolute Gasteiger partial charge is 0.454 e. The highest BCUT2D eigenvalue weighted by Gasteiger charge is 2.33. The molecule has 0 fully saturated rings. The van der Waals surface area contributed by atoms with Crippen molar-refractivity contribution in [3.8, 4) is 11.5 Å². The minimum atomic E-state index is -0.674. The molecule has 33 heavy (non-hydrogen) atoms. The molecule has 1 N–H and O–H groups in total. The van der Waals surface area contributed by atoms with Gasteiger partial charge in [-0.15, -0.1) is 0 Å². The number of fused-ring (bicyclic) bond motifs is 1. The summed E-state index contributed by atoms with van der Waals surface area (Å²) < 4.78 is 10.8. The topological polar surface area (TPSA) is 80.8 Å². The number of anilines is 1. The number of nitrogens with zero attached hydrogens (tertiary/aromatic N) is 2. The van der Waals surface area contributed by atoms with Crippen molar-refractivity contribution in [1.82, 2.24) is 9.88 Å². The fraction of sp³-hybridized carbons (Fsp3) is 0.269. The number of ether oxygens (including phenoxy) is 2. The van der Waals surface area contributed by atoms with Crippen molar-refractivity contribution >= 4 is 17.5 Å². The highest BCUT2D eigenvalue weighted by Crippen LogP contribution is 2.34. The highest BCUT2D eigenvalue weighted by molar-refractivity contribution is 5.97. The van der Waals surface area contributed by atoms with Crippen molar-refractivity contribution in [2.24, 2.45) is 5.92 Å². The van der Waals surface area contributed by atoms with Gasteiger partial charge in [-0.2, -0.15) is 0 Å². The number of rotatable bonds is 8. The Balaban J connectivity index is 1.59. The Morgan fingerprint density at radius 2 is 1.76 bits per heavy atom. The SMILES string of the molecule is CC(C)C(C(=O)Nc1ccc2c(c1)OCO2)N(Cc1cccnc1)C(=O)Cc1ccccc1. The second-order valence-corrected chi connectivity index (χ2v) is 8.29. The Labute approximate surface area is 193 Å². The molecular weight excluding hydrogens is 418 g/mol. The molecule has 0 saturated carbocycles. The van der Waals surface area contributed by atoms with Crippen molar-refractivity contribution in [2.75, 3.05) is 12.1 Å². The molecule has 3 aromatic rings. The van der Waals surface area contributed by atoms with Gasteiger partial charge in [-0.3, -0.25) is 14.6 Å². The van der Waals surface area contributed by atoms with Gasteiger partial charge in [0.1, 0.15) is 6.04 Å². The summed E-state index contributed by atoms with van der Waals surface area (Å²) >= 11 is 0. The van der Waals surface area contributed by atoms with Crippen molar-refractivity contribution in [2.45, 2.75) is 32.9 Å². The highest BCUT2D eigenvalue weighted by atomic mass is 16.7. The molecule has 1 atom stereocenters. The van der Waals surface area contributed by atoms with Crippen LogP contribution in [-0.2, 0) is 22.6 Å². The third kappa shape index (κ3) is 5.49. The van der Waals surface area contributed by atoms with Crippen LogP contribution >= 0.6 is 0 Å².